The van der Waals surface area contributed by atoms with Crippen molar-refractivity contribution in [2.75, 3.05) is 31.1 Å². The molecule has 0 bridgehead atoms. The van der Waals surface area contributed by atoms with E-state index in [0.29, 0.717) is 11.7 Å². The van der Waals surface area contributed by atoms with Gasteiger partial charge in [-0.05, 0) is 25.7 Å². The zero-order valence-electron chi connectivity index (χ0n) is 13.1. The first-order valence-electron chi connectivity index (χ1n) is 8.02. The number of hydrogen-bond donors (Lipinski definition) is 1. The third-order valence-corrected chi connectivity index (χ3v) is 4.71. The summed E-state index contributed by atoms with van der Waals surface area (Å²) in [5.41, 5.74) is 0.907. The first-order chi connectivity index (χ1) is 11.1. The van der Waals surface area contributed by atoms with E-state index in [9.17, 15) is 9.90 Å². The van der Waals surface area contributed by atoms with E-state index >= 15 is 0 Å². The Morgan fingerprint density at radius 1 is 1.30 bits per heavy atom. The van der Waals surface area contributed by atoms with Crippen molar-refractivity contribution in [3.8, 4) is 0 Å². The fourth-order valence-corrected chi connectivity index (χ4v) is 3.43. The van der Waals surface area contributed by atoms with E-state index in [-0.39, 0.29) is 6.04 Å². The molecule has 1 saturated heterocycles. The van der Waals surface area contributed by atoms with E-state index in [2.05, 4.69) is 24.9 Å². The minimum absolute atomic E-state index is 0.317. The Hall–Kier alpha value is -2.22. The molecule has 1 aliphatic carbocycles. The van der Waals surface area contributed by atoms with Gasteiger partial charge in [0.2, 0.25) is 0 Å². The van der Waals surface area contributed by atoms with Crippen LogP contribution in [0.3, 0.4) is 0 Å². The molecule has 0 radical (unpaired) electrons. The van der Waals surface area contributed by atoms with Crippen LogP contribution in [0.4, 0.5) is 5.82 Å². The molecule has 1 N–H and O–H groups in total. The summed E-state index contributed by atoms with van der Waals surface area (Å²) < 4.78 is 1.75. The van der Waals surface area contributed by atoms with Gasteiger partial charge in [-0.1, -0.05) is 0 Å². The molecule has 2 aliphatic rings. The Balaban J connectivity index is 1.52. The molecule has 1 aliphatic heterocycles. The summed E-state index contributed by atoms with van der Waals surface area (Å²) in [6, 6.07) is 1.69. The molecule has 1 unspecified atom stereocenters. The molecule has 2 aromatic heterocycles. The van der Waals surface area contributed by atoms with Crippen molar-refractivity contribution in [1.82, 2.24) is 24.5 Å². The van der Waals surface area contributed by atoms with Crippen molar-refractivity contribution in [1.29, 1.82) is 0 Å². The molecule has 23 heavy (non-hydrogen) atoms. The Morgan fingerprint density at radius 2 is 2.04 bits per heavy atom. The molecule has 4 rings (SSSR count). The topological polar surface area (TPSA) is 86.9 Å². The molecule has 1 saturated carbocycles. The number of aryl methyl sites for hydroxylation is 1. The van der Waals surface area contributed by atoms with Gasteiger partial charge in [0, 0.05) is 37.9 Å². The maximum atomic E-state index is 11.5. The number of piperazine rings is 1. The molecule has 1 atom stereocenters. The molecule has 3 heterocycles. The van der Waals surface area contributed by atoms with Gasteiger partial charge in [0.25, 0.3) is 5.78 Å². The number of aliphatic carboxylic acids is 1. The van der Waals surface area contributed by atoms with Gasteiger partial charge in [0.1, 0.15) is 18.2 Å². The number of hydrogen-bond acceptors (Lipinski definition) is 6. The van der Waals surface area contributed by atoms with E-state index in [1.807, 2.05) is 13.0 Å². The summed E-state index contributed by atoms with van der Waals surface area (Å²) >= 11 is 0. The van der Waals surface area contributed by atoms with Crippen LogP contribution < -0.4 is 4.90 Å². The highest BCUT2D eigenvalue weighted by Gasteiger charge is 2.41. The number of carboxylic acids is 1. The van der Waals surface area contributed by atoms with Crippen LogP contribution in [0.25, 0.3) is 5.78 Å². The Bertz CT molecular complexity index is 733. The van der Waals surface area contributed by atoms with Crippen LogP contribution in [0, 0.1) is 12.8 Å². The third kappa shape index (κ3) is 2.63. The Kier molecular flexibility index (Phi) is 3.41. The largest absolute Gasteiger partial charge is 0.480 e. The van der Waals surface area contributed by atoms with Crippen molar-refractivity contribution in [3.63, 3.8) is 0 Å². The lowest BCUT2D eigenvalue weighted by molar-refractivity contribution is -0.144. The quantitative estimate of drug-likeness (QED) is 0.874. The average molecular weight is 316 g/mol. The second-order valence-electron chi connectivity index (χ2n) is 6.37. The monoisotopic (exact) mass is 316 g/mol. The standard InChI is InChI=1S/C15H20N6O2/c1-10-8-12(21-15(18-10)16-9-17-21)19-4-6-20(7-5-19)13(14(22)23)11-2-3-11/h8-9,11,13H,2-7H2,1H3,(H,22,23). The minimum Gasteiger partial charge on any atom is -0.480 e. The van der Waals surface area contributed by atoms with Gasteiger partial charge < -0.3 is 10.0 Å². The predicted molar refractivity (Wildman–Crippen MR) is 83.5 cm³/mol. The van der Waals surface area contributed by atoms with Crippen molar-refractivity contribution in [3.05, 3.63) is 18.1 Å². The zero-order chi connectivity index (χ0) is 16.0. The summed E-state index contributed by atoms with van der Waals surface area (Å²) in [7, 11) is 0. The number of carbonyl (C=O) groups is 1. The van der Waals surface area contributed by atoms with Gasteiger partial charge in [-0.25, -0.2) is 4.98 Å². The first kappa shape index (κ1) is 14.4. The number of nitrogens with zero attached hydrogens (tertiary/aromatic N) is 6. The van der Waals surface area contributed by atoms with E-state index in [1.54, 1.807) is 4.52 Å². The summed E-state index contributed by atoms with van der Waals surface area (Å²) in [5, 5.41) is 13.7. The highest BCUT2D eigenvalue weighted by Crippen LogP contribution is 2.36. The fraction of sp³-hybridized carbons (Fsp3) is 0.600. The van der Waals surface area contributed by atoms with Crippen molar-refractivity contribution < 1.29 is 9.90 Å². The van der Waals surface area contributed by atoms with E-state index in [1.165, 1.54) is 6.33 Å². The third-order valence-electron chi connectivity index (χ3n) is 4.71. The maximum absolute atomic E-state index is 11.5. The second-order valence-corrected chi connectivity index (χ2v) is 6.37. The van der Waals surface area contributed by atoms with Crippen LogP contribution in [0.1, 0.15) is 18.5 Å². The molecular weight excluding hydrogens is 296 g/mol. The molecule has 0 aromatic carbocycles. The number of anilines is 1. The van der Waals surface area contributed by atoms with Gasteiger partial charge in [-0.3, -0.25) is 9.69 Å². The highest BCUT2D eigenvalue weighted by molar-refractivity contribution is 5.74. The Labute approximate surface area is 133 Å². The van der Waals surface area contributed by atoms with Crippen LogP contribution >= 0.6 is 0 Å². The van der Waals surface area contributed by atoms with Crippen molar-refractivity contribution in [2.45, 2.75) is 25.8 Å². The normalized spacial score (nSPS) is 20.8. The molecule has 8 nitrogen and oxygen atoms in total. The molecule has 122 valence electrons. The fourth-order valence-electron chi connectivity index (χ4n) is 3.43. The summed E-state index contributed by atoms with van der Waals surface area (Å²) in [6.45, 7) is 5.03. The van der Waals surface area contributed by atoms with Gasteiger partial charge in [-0.15, -0.1) is 0 Å². The molecule has 2 fully saturated rings. The van der Waals surface area contributed by atoms with Crippen molar-refractivity contribution >= 4 is 17.6 Å². The molecule has 0 spiro atoms. The lowest BCUT2D eigenvalue weighted by Gasteiger charge is -2.38. The average Bonchev–Trinajstić information content (AvgIpc) is 3.23. The number of aromatic nitrogens is 4. The molecule has 8 heteroatoms. The highest BCUT2D eigenvalue weighted by atomic mass is 16.4. The molecule has 2 aromatic rings. The number of carboxylic acid groups (broad SMARTS) is 1. The lowest BCUT2D eigenvalue weighted by Crippen LogP contribution is -2.53. The van der Waals surface area contributed by atoms with Crippen LogP contribution in [0.5, 0.6) is 0 Å². The maximum Gasteiger partial charge on any atom is 0.321 e. The number of fused-ring (bicyclic) bond motifs is 1. The van der Waals surface area contributed by atoms with E-state index in [4.69, 9.17) is 0 Å². The van der Waals surface area contributed by atoms with Crippen LogP contribution in [0.2, 0.25) is 0 Å². The summed E-state index contributed by atoms with van der Waals surface area (Å²) in [5.74, 6) is 1.23. The Morgan fingerprint density at radius 3 is 2.70 bits per heavy atom. The summed E-state index contributed by atoms with van der Waals surface area (Å²) in [4.78, 5) is 24.4. The SMILES string of the molecule is Cc1cc(N2CCN(C(C(=O)O)C3CC3)CC2)n2ncnc2n1. The van der Waals surface area contributed by atoms with E-state index in [0.717, 1.165) is 50.5 Å². The van der Waals surface area contributed by atoms with Gasteiger partial charge in [0.15, 0.2) is 0 Å². The predicted octanol–water partition coefficient (Wildman–Crippen LogP) is 0.418. The zero-order valence-corrected chi connectivity index (χ0v) is 13.1. The van der Waals surface area contributed by atoms with Crippen LogP contribution in [0.15, 0.2) is 12.4 Å². The summed E-state index contributed by atoms with van der Waals surface area (Å²) in [6.07, 6.45) is 3.59. The van der Waals surface area contributed by atoms with Crippen LogP contribution in [-0.2, 0) is 4.79 Å². The van der Waals surface area contributed by atoms with Gasteiger partial charge in [-0.2, -0.15) is 14.6 Å². The van der Waals surface area contributed by atoms with Gasteiger partial charge >= 0.3 is 5.97 Å². The molecule has 0 amide bonds. The van der Waals surface area contributed by atoms with Gasteiger partial charge in [0.05, 0.1) is 0 Å². The second kappa shape index (κ2) is 5.45. The van der Waals surface area contributed by atoms with Crippen LogP contribution in [-0.4, -0.2) is 67.8 Å². The van der Waals surface area contributed by atoms with E-state index < -0.39 is 5.97 Å². The lowest BCUT2D eigenvalue weighted by atomic mass is 10.1. The first-order valence-corrected chi connectivity index (χ1v) is 8.02. The minimum atomic E-state index is -0.681. The van der Waals surface area contributed by atoms with Crippen molar-refractivity contribution in [2.24, 2.45) is 5.92 Å². The molecular formula is C15H20N6O2. The smallest absolute Gasteiger partial charge is 0.321 e. The number of rotatable bonds is 4.